The second kappa shape index (κ2) is 6.85. The van der Waals surface area contributed by atoms with E-state index in [0.717, 1.165) is 19.6 Å². The molecule has 0 aromatic heterocycles. The molecule has 0 saturated carbocycles. The Morgan fingerprint density at radius 1 is 1.04 bits per heavy atom. The van der Waals surface area contributed by atoms with E-state index in [-0.39, 0.29) is 12.0 Å². The highest BCUT2D eigenvalue weighted by molar-refractivity contribution is 5.87. The highest BCUT2D eigenvalue weighted by Crippen LogP contribution is 2.40. The zero-order chi connectivity index (χ0) is 18.3. The summed E-state index contributed by atoms with van der Waals surface area (Å²) in [6.45, 7) is 5.82. The van der Waals surface area contributed by atoms with Crippen LogP contribution >= 0.6 is 0 Å². The van der Waals surface area contributed by atoms with Crippen molar-refractivity contribution in [2.75, 3.05) is 26.2 Å². The first kappa shape index (κ1) is 17.2. The van der Waals surface area contributed by atoms with Gasteiger partial charge in [-0.1, -0.05) is 42.0 Å². The third kappa shape index (κ3) is 3.15. The van der Waals surface area contributed by atoms with Gasteiger partial charge in [-0.15, -0.1) is 0 Å². The number of benzene rings is 1. The third-order valence-electron chi connectivity index (χ3n) is 5.68. The molecular weight excluding hydrogens is 332 g/mol. The molecule has 2 saturated heterocycles. The van der Waals surface area contributed by atoms with Crippen LogP contribution in [0.2, 0.25) is 0 Å². The Morgan fingerprint density at radius 2 is 1.65 bits per heavy atom. The van der Waals surface area contributed by atoms with Crippen molar-refractivity contribution in [2.24, 2.45) is 11.8 Å². The van der Waals surface area contributed by atoms with Crippen LogP contribution in [0.4, 0.5) is 0 Å². The standard InChI is InChI=1S/C20H24N2O4/c1-13-2-4-14(5-3-13)12-21-8-10-22(11-9-21)19(23)17-15-6-7-16(26-15)18(17)20(24)25/h2-7,15-18H,8-12H2,1H3,(H,24,25)/t15-,16+,17-,18-/m0/s1. The van der Waals surface area contributed by atoms with Crippen LogP contribution in [0.1, 0.15) is 11.1 Å². The van der Waals surface area contributed by atoms with Gasteiger partial charge in [-0.2, -0.15) is 0 Å². The van der Waals surface area contributed by atoms with E-state index in [1.165, 1.54) is 11.1 Å². The second-order valence-corrected chi connectivity index (χ2v) is 7.43. The molecule has 0 aliphatic carbocycles. The van der Waals surface area contributed by atoms with Crippen LogP contribution in [-0.2, 0) is 20.9 Å². The lowest BCUT2D eigenvalue weighted by molar-refractivity contribution is -0.150. The Bertz CT molecular complexity index is 722. The molecule has 3 heterocycles. The zero-order valence-electron chi connectivity index (χ0n) is 14.9. The van der Waals surface area contributed by atoms with Crippen molar-refractivity contribution in [3.8, 4) is 0 Å². The summed E-state index contributed by atoms with van der Waals surface area (Å²) in [5.41, 5.74) is 2.52. The van der Waals surface area contributed by atoms with E-state index >= 15 is 0 Å². The molecule has 3 aliphatic rings. The molecule has 2 bridgehead atoms. The lowest BCUT2D eigenvalue weighted by Gasteiger charge is -2.37. The first-order chi connectivity index (χ1) is 12.5. The fourth-order valence-electron chi connectivity index (χ4n) is 4.19. The van der Waals surface area contributed by atoms with Gasteiger partial charge in [0.2, 0.25) is 5.91 Å². The molecule has 6 nitrogen and oxygen atoms in total. The van der Waals surface area contributed by atoms with Crippen molar-refractivity contribution < 1.29 is 19.4 Å². The lowest BCUT2D eigenvalue weighted by atomic mass is 9.82. The van der Waals surface area contributed by atoms with E-state index in [1.807, 2.05) is 11.0 Å². The highest BCUT2D eigenvalue weighted by Gasteiger charge is 2.54. The van der Waals surface area contributed by atoms with Crippen molar-refractivity contribution in [1.82, 2.24) is 9.80 Å². The molecule has 3 aliphatic heterocycles. The maximum Gasteiger partial charge on any atom is 0.310 e. The predicted molar refractivity (Wildman–Crippen MR) is 95.5 cm³/mol. The van der Waals surface area contributed by atoms with E-state index in [1.54, 1.807) is 6.08 Å². The molecule has 1 aromatic rings. The van der Waals surface area contributed by atoms with Crippen LogP contribution in [0.15, 0.2) is 36.4 Å². The van der Waals surface area contributed by atoms with Gasteiger partial charge >= 0.3 is 5.97 Å². The average Bonchev–Trinajstić information content (AvgIpc) is 3.25. The minimum Gasteiger partial charge on any atom is -0.481 e. The Balaban J connectivity index is 1.36. The van der Waals surface area contributed by atoms with Crippen LogP contribution in [0, 0.1) is 18.8 Å². The number of piperazine rings is 1. The summed E-state index contributed by atoms with van der Waals surface area (Å²) in [7, 11) is 0. The van der Waals surface area contributed by atoms with Gasteiger partial charge < -0.3 is 14.7 Å². The zero-order valence-corrected chi connectivity index (χ0v) is 14.9. The number of nitrogens with zero attached hydrogens (tertiary/aromatic N) is 2. The van der Waals surface area contributed by atoms with E-state index < -0.39 is 23.9 Å². The molecule has 26 heavy (non-hydrogen) atoms. The smallest absolute Gasteiger partial charge is 0.310 e. The molecule has 0 unspecified atom stereocenters. The Labute approximate surface area is 153 Å². The van der Waals surface area contributed by atoms with Gasteiger partial charge in [0.05, 0.1) is 18.1 Å². The quantitative estimate of drug-likeness (QED) is 0.824. The topological polar surface area (TPSA) is 70.1 Å². The molecule has 1 amide bonds. The molecule has 2 fully saturated rings. The molecule has 138 valence electrons. The number of rotatable bonds is 4. The summed E-state index contributed by atoms with van der Waals surface area (Å²) < 4.78 is 5.63. The van der Waals surface area contributed by atoms with E-state index in [4.69, 9.17) is 4.74 Å². The lowest BCUT2D eigenvalue weighted by Crippen LogP contribution is -2.52. The highest BCUT2D eigenvalue weighted by atomic mass is 16.5. The fraction of sp³-hybridized carbons (Fsp3) is 0.500. The van der Waals surface area contributed by atoms with Gasteiger partial charge in [-0.05, 0) is 12.5 Å². The summed E-state index contributed by atoms with van der Waals surface area (Å²) in [4.78, 5) is 28.7. The van der Waals surface area contributed by atoms with Crippen LogP contribution in [0.3, 0.4) is 0 Å². The largest absolute Gasteiger partial charge is 0.481 e. The van der Waals surface area contributed by atoms with Gasteiger partial charge in [0.15, 0.2) is 0 Å². The van der Waals surface area contributed by atoms with Crippen LogP contribution in [0.5, 0.6) is 0 Å². The van der Waals surface area contributed by atoms with Gasteiger partial charge in [0, 0.05) is 32.7 Å². The Kier molecular flexibility index (Phi) is 4.54. The summed E-state index contributed by atoms with van der Waals surface area (Å²) in [5, 5.41) is 9.49. The Morgan fingerprint density at radius 3 is 2.27 bits per heavy atom. The van der Waals surface area contributed by atoms with Crippen molar-refractivity contribution in [2.45, 2.75) is 25.7 Å². The third-order valence-corrected chi connectivity index (χ3v) is 5.68. The van der Waals surface area contributed by atoms with Crippen LogP contribution in [-0.4, -0.2) is 65.2 Å². The molecule has 1 aromatic carbocycles. The summed E-state index contributed by atoms with van der Waals surface area (Å²) in [6.07, 6.45) is 2.75. The van der Waals surface area contributed by atoms with Crippen LogP contribution in [0.25, 0.3) is 0 Å². The van der Waals surface area contributed by atoms with E-state index in [0.29, 0.717) is 13.1 Å². The number of amides is 1. The molecular formula is C20H24N2O4. The average molecular weight is 356 g/mol. The summed E-state index contributed by atoms with van der Waals surface area (Å²) >= 11 is 0. The maximum atomic E-state index is 12.9. The molecule has 0 spiro atoms. The number of carboxylic acids is 1. The minimum atomic E-state index is -0.946. The van der Waals surface area contributed by atoms with Crippen LogP contribution < -0.4 is 0 Å². The molecule has 6 heteroatoms. The fourth-order valence-corrected chi connectivity index (χ4v) is 4.19. The number of aliphatic carboxylic acids is 1. The number of carboxylic acid groups (broad SMARTS) is 1. The predicted octanol–water partition coefficient (Wildman–Crippen LogP) is 1.29. The van der Waals surface area contributed by atoms with E-state index in [9.17, 15) is 14.7 Å². The molecule has 0 radical (unpaired) electrons. The van der Waals surface area contributed by atoms with Crippen molar-refractivity contribution in [3.63, 3.8) is 0 Å². The van der Waals surface area contributed by atoms with Gasteiger partial charge in [0.25, 0.3) is 0 Å². The van der Waals surface area contributed by atoms with Crippen molar-refractivity contribution >= 4 is 11.9 Å². The first-order valence-electron chi connectivity index (χ1n) is 9.16. The van der Waals surface area contributed by atoms with E-state index in [2.05, 4.69) is 36.1 Å². The number of fused-ring (bicyclic) bond motifs is 2. The van der Waals surface area contributed by atoms with Crippen molar-refractivity contribution in [3.05, 3.63) is 47.5 Å². The second-order valence-electron chi connectivity index (χ2n) is 7.43. The van der Waals surface area contributed by atoms with Crippen molar-refractivity contribution in [1.29, 1.82) is 0 Å². The number of ether oxygens (including phenoxy) is 1. The monoisotopic (exact) mass is 356 g/mol. The minimum absolute atomic E-state index is 0.0794. The molecule has 4 rings (SSSR count). The van der Waals surface area contributed by atoms with Gasteiger partial charge in [-0.25, -0.2) is 0 Å². The Hall–Kier alpha value is -2.18. The van der Waals surface area contributed by atoms with Gasteiger partial charge in [-0.3, -0.25) is 14.5 Å². The molecule has 4 atom stereocenters. The molecule has 1 N–H and O–H groups in total. The maximum absolute atomic E-state index is 12.9. The summed E-state index contributed by atoms with van der Waals surface area (Å²) in [6, 6.07) is 8.51. The normalized spacial score (nSPS) is 30.7. The number of carbonyl (C=O) groups excluding carboxylic acids is 1. The van der Waals surface area contributed by atoms with Gasteiger partial charge in [0.1, 0.15) is 5.92 Å². The number of hydrogen-bond acceptors (Lipinski definition) is 4. The number of carbonyl (C=O) groups is 2. The summed E-state index contributed by atoms with van der Waals surface area (Å²) in [5.74, 6) is -2.38. The SMILES string of the molecule is Cc1ccc(CN2CCN(C(=O)[C@@H]3[C@@H](C(=O)O)[C@H]4C=C[C@@H]3O4)CC2)cc1. The first-order valence-corrected chi connectivity index (χ1v) is 9.16. The number of hydrogen-bond donors (Lipinski definition) is 1. The number of aryl methyl sites for hydroxylation is 1.